The van der Waals surface area contributed by atoms with Gasteiger partial charge in [0.05, 0.1) is 21.3 Å². The summed E-state index contributed by atoms with van der Waals surface area (Å²) in [4.78, 5) is 21.4. The Bertz CT molecular complexity index is 1040. The molecular formula is C21H17Cl2N3O. The van der Waals surface area contributed by atoms with Crippen LogP contribution in [-0.2, 0) is 6.42 Å². The number of benzene rings is 2. The molecule has 3 aromatic rings. The Balaban J connectivity index is 1.62. The maximum Gasteiger partial charge on any atom is 0.227 e. The van der Waals surface area contributed by atoms with Crippen molar-refractivity contribution in [2.24, 2.45) is 0 Å². The quantitative estimate of drug-likeness (QED) is 0.611. The van der Waals surface area contributed by atoms with Crippen LogP contribution in [0.3, 0.4) is 0 Å². The Labute approximate surface area is 167 Å². The number of nitrogens with zero attached hydrogens (tertiary/aromatic N) is 2. The minimum absolute atomic E-state index is 0.0869. The van der Waals surface area contributed by atoms with Crippen LogP contribution in [0.25, 0.3) is 0 Å². The van der Waals surface area contributed by atoms with Gasteiger partial charge in [0, 0.05) is 18.3 Å². The first-order chi connectivity index (χ1) is 13.0. The Morgan fingerprint density at radius 3 is 2.70 bits per heavy atom. The fraction of sp³-hybridized carbons (Fsp3) is 0.190. The zero-order valence-electron chi connectivity index (χ0n) is 14.7. The number of Topliss-reactive ketones (excluding diaryl/α,β-unsaturated/α-hetero) is 1. The number of fused-ring (bicyclic) bond motifs is 1. The van der Waals surface area contributed by atoms with E-state index >= 15 is 0 Å². The van der Waals surface area contributed by atoms with Crippen LogP contribution in [0.2, 0.25) is 10.0 Å². The van der Waals surface area contributed by atoms with Gasteiger partial charge in [-0.1, -0.05) is 53.0 Å². The van der Waals surface area contributed by atoms with E-state index in [-0.39, 0.29) is 11.7 Å². The molecule has 0 amide bonds. The molecule has 2 aromatic carbocycles. The lowest BCUT2D eigenvalue weighted by molar-refractivity contribution is 0.0962. The minimum atomic E-state index is 0.0869. The third-order valence-corrected chi connectivity index (χ3v) is 5.47. The van der Waals surface area contributed by atoms with Crippen molar-refractivity contribution in [3.05, 3.63) is 81.1 Å². The molecule has 1 aliphatic rings. The smallest absolute Gasteiger partial charge is 0.227 e. The number of aromatic nitrogens is 2. The third kappa shape index (κ3) is 3.82. The first-order valence-corrected chi connectivity index (χ1v) is 9.43. The molecule has 0 bridgehead atoms. The number of hydrogen-bond acceptors (Lipinski definition) is 4. The molecule has 0 aliphatic heterocycles. The zero-order valence-corrected chi connectivity index (χ0v) is 16.2. The largest absolute Gasteiger partial charge is 0.324 e. The fourth-order valence-corrected chi connectivity index (χ4v) is 3.67. The second-order valence-corrected chi connectivity index (χ2v) is 7.56. The molecule has 0 unspecified atom stereocenters. The second-order valence-electron chi connectivity index (χ2n) is 6.75. The van der Waals surface area contributed by atoms with Crippen LogP contribution in [-0.4, -0.2) is 15.8 Å². The van der Waals surface area contributed by atoms with E-state index in [1.165, 1.54) is 11.1 Å². The van der Waals surface area contributed by atoms with Crippen molar-refractivity contribution in [1.82, 2.24) is 9.97 Å². The SMILES string of the molecule is Cc1cccc([C@H]2CC(=O)c3cnc(Nc4ccc(Cl)c(Cl)c4)nc3C2)c1. The highest BCUT2D eigenvalue weighted by Gasteiger charge is 2.28. The van der Waals surface area contributed by atoms with E-state index in [1.54, 1.807) is 24.4 Å². The average Bonchev–Trinajstić information content (AvgIpc) is 2.64. The van der Waals surface area contributed by atoms with E-state index in [4.69, 9.17) is 23.2 Å². The molecule has 1 aromatic heterocycles. The molecule has 27 heavy (non-hydrogen) atoms. The number of carbonyl (C=O) groups is 1. The lowest BCUT2D eigenvalue weighted by Gasteiger charge is -2.23. The molecule has 0 radical (unpaired) electrons. The van der Waals surface area contributed by atoms with Crippen molar-refractivity contribution in [3.8, 4) is 0 Å². The van der Waals surface area contributed by atoms with E-state index in [2.05, 4.69) is 40.4 Å². The van der Waals surface area contributed by atoms with Crippen LogP contribution in [0.5, 0.6) is 0 Å². The van der Waals surface area contributed by atoms with Crippen molar-refractivity contribution in [2.75, 3.05) is 5.32 Å². The summed E-state index contributed by atoms with van der Waals surface area (Å²) >= 11 is 12.0. The predicted molar refractivity (Wildman–Crippen MR) is 108 cm³/mol. The van der Waals surface area contributed by atoms with Crippen LogP contribution in [0.15, 0.2) is 48.7 Å². The summed E-state index contributed by atoms with van der Waals surface area (Å²) in [6.45, 7) is 2.06. The highest BCUT2D eigenvalue weighted by Crippen LogP contribution is 2.33. The Kier molecular flexibility index (Phi) is 4.85. The number of halogens is 2. The second kappa shape index (κ2) is 7.29. The molecule has 1 heterocycles. The minimum Gasteiger partial charge on any atom is -0.324 e. The van der Waals surface area contributed by atoms with Gasteiger partial charge in [-0.25, -0.2) is 9.97 Å². The highest BCUT2D eigenvalue weighted by molar-refractivity contribution is 6.42. The lowest BCUT2D eigenvalue weighted by Crippen LogP contribution is -2.21. The summed E-state index contributed by atoms with van der Waals surface area (Å²) in [6, 6.07) is 13.5. The summed E-state index contributed by atoms with van der Waals surface area (Å²) in [5.41, 5.74) is 4.48. The highest BCUT2D eigenvalue weighted by atomic mass is 35.5. The number of hydrogen-bond donors (Lipinski definition) is 1. The van der Waals surface area contributed by atoms with Gasteiger partial charge in [0.1, 0.15) is 0 Å². The van der Waals surface area contributed by atoms with Gasteiger partial charge in [0.25, 0.3) is 0 Å². The Morgan fingerprint density at radius 2 is 1.93 bits per heavy atom. The Hall–Kier alpha value is -2.43. The molecule has 1 atom stereocenters. The monoisotopic (exact) mass is 397 g/mol. The van der Waals surface area contributed by atoms with Gasteiger partial charge in [-0.2, -0.15) is 0 Å². The Morgan fingerprint density at radius 1 is 1.07 bits per heavy atom. The molecule has 0 spiro atoms. The molecule has 0 saturated heterocycles. The van der Waals surface area contributed by atoms with Gasteiger partial charge in [0.15, 0.2) is 5.78 Å². The van der Waals surface area contributed by atoms with Gasteiger partial charge < -0.3 is 5.32 Å². The van der Waals surface area contributed by atoms with Gasteiger partial charge in [-0.15, -0.1) is 0 Å². The van der Waals surface area contributed by atoms with Gasteiger partial charge in [-0.3, -0.25) is 4.79 Å². The standard InChI is InChI=1S/C21H17Cl2N3O/c1-12-3-2-4-13(7-12)14-8-19-16(20(27)9-14)11-24-21(26-19)25-15-5-6-17(22)18(23)10-15/h2-7,10-11,14H,8-9H2,1H3,(H,24,25,26)/t14-/m1/s1. The summed E-state index contributed by atoms with van der Waals surface area (Å²) in [6.07, 6.45) is 2.81. The zero-order chi connectivity index (χ0) is 19.0. The molecular weight excluding hydrogens is 381 g/mol. The lowest BCUT2D eigenvalue weighted by atomic mass is 9.82. The van der Waals surface area contributed by atoms with Crippen molar-refractivity contribution >= 4 is 40.6 Å². The van der Waals surface area contributed by atoms with Crippen LogP contribution in [0.4, 0.5) is 11.6 Å². The molecule has 0 saturated carbocycles. The summed E-state index contributed by atoms with van der Waals surface area (Å²) in [5.74, 6) is 0.659. The molecule has 6 heteroatoms. The van der Waals surface area contributed by atoms with Crippen molar-refractivity contribution in [3.63, 3.8) is 0 Å². The molecule has 136 valence electrons. The summed E-state index contributed by atoms with van der Waals surface area (Å²) < 4.78 is 0. The van der Waals surface area contributed by atoms with Gasteiger partial charge in [-0.05, 0) is 43.0 Å². The van der Waals surface area contributed by atoms with E-state index in [0.29, 0.717) is 34.4 Å². The van der Waals surface area contributed by atoms with E-state index in [9.17, 15) is 4.79 Å². The normalized spacial score (nSPS) is 16.1. The number of carbonyl (C=O) groups excluding carboxylic acids is 1. The number of nitrogens with one attached hydrogen (secondary N) is 1. The van der Waals surface area contributed by atoms with E-state index < -0.39 is 0 Å². The van der Waals surface area contributed by atoms with Crippen molar-refractivity contribution in [2.45, 2.75) is 25.7 Å². The molecule has 1 N–H and O–H groups in total. The van der Waals surface area contributed by atoms with Crippen LogP contribution < -0.4 is 5.32 Å². The first kappa shape index (κ1) is 18.0. The third-order valence-electron chi connectivity index (χ3n) is 4.73. The van der Waals surface area contributed by atoms with Crippen LogP contribution in [0.1, 0.15) is 39.5 Å². The average molecular weight is 398 g/mol. The number of ketones is 1. The molecule has 0 fully saturated rings. The predicted octanol–water partition coefficient (Wildman–Crippen LogP) is 5.75. The summed E-state index contributed by atoms with van der Waals surface area (Å²) in [5, 5.41) is 4.06. The summed E-state index contributed by atoms with van der Waals surface area (Å²) in [7, 11) is 0. The fourth-order valence-electron chi connectivity index (χ4n) is 3.37. The van der Waals surface area contributed by atoms with E-state index in [0.717, 1.165) is 11.4 Å². The molecule has 4 rings (SSSR count). The molecule has 1 aliphatic carbocycles. The number of anilines is 2. The number of rotatable bonds is 3. The number of aryl methyl sites for hydroxylation is 1. The first-order valence-electron chi connectivity index (χ1n) is 8.67. The topological polar surface area (TPSA) is 54.9 Å². The van der Waals surface area contributed by atoms with Crippen molar-refractivity contribution in [1.29, 1.82) is 0 Å². The van der Waals surface area contributed by atoms with Gasteiger partial charge >= 0.3 is 0 Å². The van der Waals surface area contributed by atoms with Crippen LogP contribution in [0, 0.1) is 6.92 Å². The molecule has 4 nitrogen and oxygen atoms in total. The van der Waals surface area contributed by atoms with Gasteiger partial charge in [0.2, 0.25) is 5.95 Å². The van der Waals surface area contributed by atoms with E-state index in [1.807, 2.05) is 6.07 Å². The maximum absolute atomic E-state index is 12.6. The maximum atomic E-state index is 12.6. The van der Waals surface area contributed by atoms with Crippen molar-refractivity contribution < 1.29 is 4.79 Å². The van der Waals surface area contributed by atoms with Crippen LogP contribution >= 0.6 is 23.2 Å².